The minimum Gasteiger partial charge on any atom is -0.507 e. The third kappa shape index (κ3) is 3.56. The second kappa shape index (κ2) is 7.17. The van der Waals surface area contributed by atoms with E-state index in [9.17, 15) is 18.3 Å². The van der Waals surface area contributed by atoms with Crippen molar-refractivity contribution in [2.75, 3.05) is 37.7 Å². The SMILES string of the molecule is Cc1c(C)c2ccc(O)c(CN3CCN([C@@H]4CCS(=O)(=O)C4)CC3)c2oc1=O. The van der Waals surface area contributed by atoms with E-state index < -0.39 is 9.84 Å². The molecule has 2 aromatic rings. The molecule has 2 aliphatic heterocycles. The van der Waals surface area contributed by atoms with Gasteiger partial charge in [-0.3, -0.25) is 9.80 Å². The summed E-state index contributed by atoms with van der Waals surface area (Å²) < 4.78 is 29.0. The molecule has 0 bridgehead atoms. The average molecular weight is 407 g/mol. The van der Waals surface area contributed by atoms with Crippen molar-refractivity contribution in [1.82, 2.24) is 9.80 Å². The van der Waals surface area contributed by atoms with Crippen LogP contribution in [0.4, 0.5) is 0 Å². The topological polar surface area (TPSA) is 91.1 Å². The smallest absolute Gasteiger partial charge is 0.339 e. The van der Waals surface area contributed by atoms with Crippen LogP contribution < -0.4 is 5.63 Å². The van der Waals surface area contributed by atoms with E-state index in [-0.39, 0.29) is 23.2 Å². The van der Waals surface area contributed by atoms with Gasteiger partial charge < -0.3 is 9.52 Å². The molecule has 3 heterocycles. The van der Waals surface area contributed by atoms with E-state index in [2.05, 4.69) is 9.80 Å². The molecule has 1 N–H and O–H groups in total. The molecular weight excluding hydrogens is 380 g/mol. The van der Waals surface area contributed by atoms with E-state index in [0.717, 1.165) is 43.5 Å². The van der Waals surface area contributed by atoms with Gasteiger partial charge in [-0.1, -0.05) is 0 Å². The Labute approximate surface area is 164 Å². The minimum atomic E-state index is -2.88. The Balaban J connectivity index is 1.52. The van der Waals surface area contributed by atoms with Crippen LogP contribution in [0, 0.1) is 13.8 Å². The van der Waals surface area contributed by atoms with Gasteiger partial charge in [0.25, 0.3) is 0 Å². The van der Waals surface area contributed by atoms with Gasteiger partial charge in [0.15, 0.2) is 9.84 Å². The van der Waals surface area contributed by atoms with Gasteiger partial charge in [0.2, 0.25) is 0 Å². The number of hydrogen-bond donors (Lipinski definition) is 1. The van der Waals surface area contributed by atoms with Crippen molar-refractivity contribution in [3.05, 3.63) is 39.2 Å². The number of nitrogens with zero attached hydrogens (tertiary/aromatic N) is 2. The first-order valence-electron chi connectivity index (χ1n) is 9.67. The zero-order valence-corrected chi connectivity index (χ0v) is 17.1. The van der Waals surface area contributed by atoms with Crippen LogP contribution in [0.3, 0.4) is 0 Å². The number of phenolic OH excluding ortho intramolecular Hbond substituents is 1. The molecule has 0 amide bonds. The first-order valence-corrected chi connectivity index (χ1v) is 11.5. The van der Waals surface area contributed by atoms with Gasteiger partial charge in [-0.05, 0) is 38.0 Å². The largest absolute Gasteiger partial charge is 0.507 e. The van der Waals surface area contributed by atoms with Gasteiger partial charge in [-0.25, -0.2) is 13.2 Å². The zero-order chi connectivity index (χ0) is 20.1. The molecule has 8 heteroatoms. The predicted molar refractivity (Wildman–Crippen MR) is 108 cm³/mol. The number of fused-ring (bicyclic) bond motifs is 1. The predicted octanol–water partition coefficient (Wildman–Crippen LogP) is 1.42. The lowest BCUT2D eigenvalue weighted by atomic mass is 10.0. The number of benzene rings is 1. The van der Waals surface area contributed by atoms with Gasteiger partial charge in [-0.15, -0.1) is 0 Å². The molecule has 2 fully saturated rings. The minimum absolute atomic E-state index is 0.127. The highest BCUT2D eigenvalue weighted by molar-refractivity contribution is 7.91. The molecule has 7 nitrogen and oxygen atoms in total. The standard InChI is InChI=1S/C20H26N2O5S/c1-13-14(2)20(24)27-19-16(13)3-4-18(23)17(19)11-21-6-8-22(9-7-21)15-5-10-28(25,26)12-15/h3-4,15,23H,5-12H2,1-2H3/t15-/m1/s1. The van der Waals surface area contributed by atoms with Crippen LogP contribution in [0.5, 0.6) is 5.75 Å². The summed E-state index contributed by atoms with van der Waals surface area (Å²) in [6.45, 7) is 7.29. The highest BCUT2D eigenvalue weighted by Gasteiger charge is 2.33. The maximum atomic E-state index is 12.1. The molecule has 1 atom stereocenters. The first kappa shape index (κ1) is 19.4. The Hall–Kier alpha value is -1.90. The molecule has 0 aliphatic carbocycles. The second-order valence-electron chi connectivity index (χ2n) is 7.95. The summed E-state index contributed by atoms with van der Waals surface area (Å²) in [6, 6.07) is 3.57. The number of rotatable bonds is 3. The van der Waals surface area contributed by atoms with E-state index in [1.807, 2.05) is 6.92 Å². The lowest BCUT2D eigenvalue weighted by Gasteiger charge is -2.37. The van der Waals surface area contributed by atoms with E-state index in [0.29, 0.717) is 29.0 Å². The molecular formula is C20H26N2O5S. The first-order chi connectivity index (χ1) is 13.2. The Morgan fingerprint density at radius 1 is 1.14 bits per heavy atom. The van der Waals surface area contributed by atoms with Crippen molar-refractivity contribution in [1.29, 1.82) is 0 Å². The van der Waals surface area contributed by atoms with Gasteiger partial charge >= 0.3 is 5.63 Å². The van der Waals surface area contributed by atoms with Crippen LogP contribution in [-0.2, 0) is 16.4 Å². The number of hydrogen-bond acceptors (Lipinski definition) is 7. The van der Waals surface area contributed by atoms with Crippen LogP contribution >= 0.6 is 0 Å². The molecule has 0 saturated carbocycles. The molecule has 28 heavy (non-hydrogen) atoms. The maximum absolute atomic E-state index is 12.1. The number of aryl methyl sites for hydroxylation is 1. The number of aromatic hydroxyl groups is 1. The van der Waals surface area contributed by atoms with Crippen molar-refractivity contribution in [2.45, 2.75) is 32.9 Å². The number of sulfone groups is 1. The molecule has 0 unspecified atom stereocenters. The summed E-state index contributed by atoms with van der Waals surface area (Å²) in [6.07, 6.45) is 0.718. The summed E-state index contributed by atoms with van der Waals surface area (Å²) in [4.78, 5) is 16.6. The highest BCUT2D eigenvalue weighted by atomic mass is 32.2. The molecule has 0 spiro atoms. The van der Waals surface area contributed by atoms with E-state index >= 15 is 0 Å². The summed E-state index contributed by atoms with van der Waals surface area (Å²) in [5, 5.41) is 11.3. The summed E-state index contributed by atoms with van der Waals surface area (Å²) >= 11 is 0. The van der Waals surface area contributed by atoms with E-state index in [4.69, 9.17) is 4.42 Å². The van der Waals surface area contributed by atoms with Gasteiger partial charge in [0, 0.05) is 49.7 Å². The van der Waals surface area contributed by atoms with Gasteiger partial charge in [0.1, 0.15) is 11.3 Å². The fourth-order valence-electron chi connectivity index (χ4n) is 4.28. The van der Waals surface area contributed by atoms with Crippen molar-refractivity contribution in [2.24, 2.45) is 0 Å². The van der Waals surface area contributed by atoms with Crippen LogP contribution in [0.25, 0.3) is 11.0 Å². The summed E-state index contributed by atoms with van der Waals surface area (Å²) in [5.41, 5.74) is 2.18. The van der Waals surface area contributed by atoms with Crippen LogP contribution in [-0.4, -0.2) is 67.1 Å². The Morgan fingerprint density at radius 3 is 2.50 bits per heavy atom. The van der Waals surface area contributed by atoms with E-state index in [1.54, 1.807) is 19.1 Å². The second-order valence-corrected chi connectivity index (χ2v) is 10.2. The zero-order valence-electron chi connectivity index (χ0n) is 16.3. The summed E-state index contributed by atoms with van der Waals surface area (Å²) in [5.74, 6) is 0.684. The maximum Gasteiger partial charge on any atom is 0.339 e. The molecule has 2 saturated heterocycles. The fourth-order valence-corrected chi connectivity index (χ4v) is 6.04. The van der Waals surface area contributed by atoms with E-state index in [1.165, 1.54) is 0 Å². The quantitative estimate of drug-likeness (QED) is 0.771. The van der Waals surface area contributed by atoms with Crippen LogP contribution in [0.1, 0.15) is 23.1 Å². The number of phenols is 1. The molecule has 1 aromatic carbocycles. The monoisotopic (exact) mass is 406 g/mol. The Bertz CT molecular complexity index is 1070. The van der Waals surface area contributed by atoms with Crippen LogP contribution in [0.15, 0.2) is 21.3 Å². The normalized spacial score (nSPS) is 23.4. The number of piperazine rings is 1. The van der Waals surface area contributed by atoms with Crippen molar-refractivity contribution in [3.63, 3.8) is 0 Å². The Kier molecular flexibility index (Phi) is 4.97. The molecule has 2 aliphatic rings. The van der Waals surface area contributed by atoms with Gasteiger partial charge in [0.05, 0.1) is 17.1 Å². The third-order valence-corrected chi connectivity index (χ3v) is 7.97. The van der Waals surface area contributed by atoms with Gasteiger partial charge in [-0.2, -0.15) is 0 Å². The Morgan fingerprint density at radius 2 is 1.86 bits per heavy atom. The molecule has 0 radical (unpaired) electrons. The molecule has 1 aromatic heterocycles. The third-order valence-electron chi connectivity index (χ3n) is 6.22. The summed E-state index contributed by atoms with van der Waals surface area (Å²) in [7, 11) is -2.88. The molecule has 152 valence electrons. The highest BCUT2D eigenvalue weighted by Crippen LogP contribution is 2.30. The van der Waals surface area contributed by atoms with Crippen molar-refractivity contribution < 1.29 is 17.9 Å². The fraction of sp³-hybridized carbons (Fsp3) is 0.550. The lowest BCUT2D eigenvalue weighted by molar-refractivity contribution is 0.0996. The van der Waals surface area contributed by atoms with Crippen molar-refractivity contribution in [3.8, 4) is 5.75 Å². The van der Waals surface area contributed by atoms with Crippen molar-refractivity contribution >= 4 is 20.8 Å². The lowest BCUT2D eigenvalue weighted by Crippen LogP contribution is -2.50. The molecule has 4 rings (SSSR count). The van der Waals surface area contributed by atoms with Crippen LogP contribution in [0.2, 0.25) is 0 Å². The average Bonchev–Trinajstić information content (AvgIpc) is 3.03.